The largest absolute Gasteiger partial charge is 0.149 e. The van der Waals surface area contributed by atoms with E-state index in [9.17, 15) is 0 Å². The second-order valence-corrected chi connectivity index (χ2v) is 5.61. The highest BCUT2D eigenvalue weighted by atomic mass is 79.9. The second kappa shape index (κ2) is 5.03. The normalized spacial score (nSPS) is 15.9. The molecule has 0 aromatic carbocycles. The molecule has 0 aliphatic heterocycles. The highest BCUT2D eigenvalue weighted by Gasteiger charge is 2.13. The van der Waals surface area contributed by atoms with Crippen molar-refractivity contribution in [1.29, 1.82) is 0 Å². The summed E-state index contributed by atoms with van der Waals surface area (Å²) in [6.45, 7) is 4.50. The molecule has 0 saturated heterocycles. The molecule has 1 heterocycles. The van der Waals surface area contributed by atoms with Gasteiger partial charge in [-0.1, -0.05) is 42.3 Å². The molecule has 2 atom stereocenters. The van der Waals surface area contributed by atoms with Gasteiger partial charge in [-0.05, 0) is 23.8 Å². The molecule has 1 aromatic rings. The van der Waals surface area contributed by atoms with E-state index < -0.39 is 0 Å². The van der Waals surface area contributed by atoms with E-state index in [1.807, 2.05) is 11.3 Å². The fourth-order valence-electron chi connectivity index (χ4n) is 1.32. The summed E-state index contributed by atoms with van der Waals surface area (Å²) in [5.41, 5.74) is 0. The molecular weight excluding hydrogens is 232 g/mol. The maximum Gasteiger partial charge on any atom is 0.0149 e. The predicted molar refractivity (Wildman–Crippen MR) is 60.2 cm³/mol. The first kappa shape index (κ1) is 10.3. The Balaban J connectivity index is 2.48. The first-order valence-corrected chi connectivity index (χ1v) is 6.20. The summed E-state index contributed by atoms with van der Waals surface area (Å²) in [6.07, 6.45) is 2.48. The van der Waals surface area contributed by atoms with Crippen molar-refractivity contribution in [3.8, 4) is 0 Å². The summed E-state index contributed by atoms with van der Waals surface area (Å²) in [5, 5.41) is 2.15. The molecule has 12 heavy (non-hydrogen) atoms. The Kier molecular flexibility index (Phi) is 4.30. The molecule has 2 heteroatoms. The van der Waals surface area contributed by atoms with Gasteiger partial charge < -0.3 is 0 Å². The summed E-state index contributed by atoms with van der Waals surface area (Å²) in [6, 6.07) is 4.36. The van der Waals surface area contributed by atoms with Crippen LogP contribution in [0.15, 0.2) is 17.5 Å². The van der Waals surface area contributed by atoms with Gasteiger partial charge in [-0.25, -0.2) is 0 Å². The molecule has 1 aromatic heterocycles. The zero-order chi connectivity index (χ0) is 8.97. The summed E-state index contributed by atoms with van der Waals surface area (Å²) in [7, 11) is 0. The Morgan fingerprint density at radius 3 is 2.75 bits per heavy atom. The molecule has 0 spiro atoms. The number of hydrogen-bond acceptors (Lipinski definition) is 1. The lowest BCUT2D eigenvalue weighted by molar-refractivity contribution is 0.512. The zero-order valence-corrected chi connectivity index (χ0v) is 9.99. The van der Waals surface area contributed by atoms with E-state index in [4.69, 9.17) is 0 Å². The van der Waals surface area contributed by atoms with Crippen molar-refractivity contribution < 1.29 is 0 Å². The van der Waals surface area contributed by atoms with E-state index in [2.05, 4.69) is 47.3 Å². The molecule has 0 saturated carbocycles. The minimum atomic E-state index is 0.629. The summed E-state index contributed by atoms with van der Waals surface area (Å²) in [5.74, 6) is 0.781. The number of thiophene rings is 1. The topological polar surface area (TPSA) is 0 Å². The van der Waals surface area contributed by atoms with Crippen molar-refractivity contribution >= 4 is 27.3 Å². The van der Waals surface area contributed by atoms with Crippen LogP contribution in [0.25, 0.3) is 0 Å². The van der Waals surface area contributed by atoms with Crippen molar-refractivity contribution in [2.24, 2.45) is 5.92 Å². The lowest BCUT2D eigenvalue weighted by Gasteiger charge is -2.16. The van der Waals surface area contributed by atoms with Gasteiger partial charge in [0.1, 0.15) is 0 Å². The molecule has 2 unspecified atom stereocenters. The molecule has 0 N–H and O–H groups in total. The van der Waals surface area contributed by atoms with Crippen molar-refractivity contribution in [3.05, 3.63) is 22.4 Å². The lowest BCUT2D eigenvalue weighted by Crippen LogP contribution is -2.12. The van der Waals surface area contributed by atoms with Gasteiger partial charge in [0.15, 0.2) is 0 Å². The molecule has 0 amide bonds. The molecule has 0 fully saturated rings. The smallest absolute Gasteiger partial charge is 0.0149 e. The first-order chi connectivity index (χ1) is 5.74. The fourth-order valence-corrected chi connectivity index (χ4v) is 2.68. The number of rotatable bonds is 4. The second-order valence-electron chi connectivity index (χ2n) is 3.13. The van der Waals surface area contributed by atoms with Crippen LogP contribution >= 0.6 is 27.3 Å². The summed E-state index contributed by atoms with van der Waals surface area (Å²) < 4.78 is 0. The van der Waals surface area contributed by atoms with Gasteiger partial charge in [0, 0.05) is 9.70 Å². The Bertz CT molecular complexity index is 204. The fraction of sp³-hybridized carbons (Fsp3) is 0.600. The van der Waals surface area contributed by atoms with E-state index in [-0.39, 0.29) is 0 Å². The number of halogens is 1. The molecular formula is C10H15BrS. The third-order valence-corrected chi connectivity index (χ3v) is 3.86. The van der Waals surface area contributed by atoms with Crippen molar-refractivity contribution in [3.63, 3.8) is 0 Å². The van der Waals surface area contributed by atoms with Gasteiger partial charge >= 0.3 is 0 Å². The van der Waals surface area contributed by atoms with Gasteiger partial charge in [0.2, 0.25) is 0 Å². The van der Waals surface area contributed by atoms with E-state index >= 15 is 0 Å². The van der Waals surface area contributed by atoms with E-state index in [1.165, 1.54) is 17.7 Å². The van der Waals surface area contributed by atoms with Gasteiger partial charge in [-0.2, -0.15) is 0 Å². The van der Waals surface area contributed by atoms with Gasteiger partial charge in [-0.15, -0.1) is 11.3 Å². The Morgan fingerprint density at radius 2 is 2.33 bits per heavy atom. The van der Waals surface area contributed by atoms with Crippen LogP contribution in [0.5, 0.6) is 0 Å². The van der Waals surface area contributed by atoms with Crippen LogP contribution in [0, 0.1) is 5.92 Å². The quantitative estimate of drug-likeness (QED) is 0.702. The highest BCUT2D eigenvalue weighted by Crippen LogP contribution is 2.23. The van der Waals surface area contributed by atoms with E-state index in [1.54, 1.807) is 0 Å². The monoisotopic (exact) mass is 246 g/mol. The molecule has 0 aliphatic rings. The molecule has 1 rings (SSSR count). The van der Waals surface area contributed by atoms with E-state index in [0.29, 0.717) is 4.83 Å². The Hall–Kier alpha value is 0.180. The lowest BCUT2D eigenvalue weighted by atomic mass is 9.99. The molecule has 0 nitrogen and oxygen atoms in total. The SMILES string of the molecule is CCC(Cc1cccs1)C(C)Br. The van der Waals surface area contributed by atoms with Crippen LogP contribution < -0.4 is 0 Å². The maximum absolute atomic E-state index is 3.65. The Labute approximate surface area is 87.1 Å². The molecule has 68 valence electrons. The standard InChI is InChI=1S/C10H15BrS/c1-3-9(8(2)11)7-10-5-4-6-12-10/h4-6,8-9H,3,7H2,1-2H3. The maximum atomic E-state index is 3.65. The summed E-state index contributed by atoms with van der Waals surface area (Å²) in [4.78, 5) is 2.14. The first-order valence-electron chi connectivity index (χ1n) is 4.40. The van der Waals surface area contributed by atoms with Gasteiger partial charge in [0.25, 0.3) is 0 Å². The number of hydrogen-bond donors (Lipinski definition) is 0. The van der Waals surface area contributed by atoms with Gasteiger partial charge in [-0.3, -0.25) is 0 Å². The van der Waals surface area contributed by atoms with Gasteiger partial charge in [0.05, 0.1) is 0 Å². The van der Waals surface area contributed by atoms with Crippen LogP contribution in [0.2, 0.25) is 0 Å². The predicted octanol–water partition coefficient (Wildman–Crippen LogP) is 4.10. The Morgan fingerprint density at radius 1 is 1.58 bits per heavy atom. The average Bonchev–Trinajstić information content (AvgIpc) is 2.51. The van der Waals surface area contributed by atoms with Crippen LogP contribution in [0.4, 0.5) is 0 Å². The van der Waals surface area contributed by atoms with Crippen molar-refractivity contribution in [2.75, 3.05) is 0 Å². The minimum Gasteiger partial charge on any atom is -0.149 e. The van der Waals surface area contributed by atoms with Crippen LogP contribution in [0.3, 0.4) is 0 Å². The van der Waals surface area contributed by atoms with Crippen LogP contribution in [-0.4, -0.2) is 4.83 Å². The minimum absolute atomic E-state index is 0.629. The third kappa shape index (κ3) is 2.91. The van der Waals surface area contributed by atoms with E-state index in [0.717, 1.165) is 5.92 Å². The third-order valence-electron chi connectivity index (χ3n) is 2.22. The van der Waals surface area contributed by atoms with Crippen LogP contribution in [-0.2, 0) is 6.42 Å². The molecule has 0 bridgehead atoms. The van der Waals surface area contributed by atoms with Crippen LogP contribution in [0.1, 0.15) is 25.1 Å². The zero-order valence-electron chi connectivity index (χ0n) is 7.59. The average molecular weight is 247 g/mol. The van der Waals surface area contributed by atoms with Crippen molar-refractivity contribution in [2.45, 2.75) is 31.5 Å². The summed E-state index contributed by atoms with van der Waals surface area (Å²) >= 11 is 5.51. The number of alkyl halides is 1. The van der Waals surface area contributed by atoms with Crippen molar-refractivity contribution in [1.82, 2.24) is 0 Å². The highest BCUT2D eigenvalue weighted by molar-refractivity contribution is 9.09. The molecule has 0 aliphatic carbocycles. The molecule has 0 radical (unpaired) electrons.